The van der Waals surface area contributed by atoms with Crippen molar-refractivity contribution in [3.63, 3.8) is 0 Å². The Morgan fingerprint density at radius 3 is 1.46 bits per heavy atom. The van der Waals surface area contributed by atoms with Gasteiger partial charge in [0.05, 0.1) is 0 Å². The maximum atomic E-state index is 2.37. The van der Waals surface area contributed by atoms with Crippen molar-refractivity contribution in [2.24, 2.45) is 5.41 Å². The maximum absolute atomic E-state index is 2.37. The van der Waals surface area contributed by atoms with E-state index in [1.165, 1.54) is 6.42 Å². The molecule has 4 heteroatoms. The van der Waals surface area contributed by atoms with Gasteiger partial charge >= 0.3 is 49.4 Å². The van der Waals surface area contributed by atoms with Gasteiger partial charge in [-0.3, -0.25) is 0 Å². The summed E-state index contributed by atoms with van der Waals surface area (Å²) in [4.78, 5) is 0. The molecule has 0 saturated heterocycles. The molecule has 0 nitrogen and oxygen atoms in total. The molecular weight excluding hydrogens is 424 g/mol. The Balaban J connectivity index is 0. The van der Waals surface area contributed by atoms with Crippen LogP contribution in [0.1, 0.15) is 41.0 Å². The molecular formula is C9H20BI2V. The molecule has 0 aliphatic carbocycles. The molecule has 0 aromatic rings. The van der Waals surface area contributed by atoms with Gasteiger partial charge in [0.2, 0.25) is 0 Å². The van der Waals surface area contributed by atoms with Crippen molar-refractivity contribution in [1.82, 2.24) is 0 Å². The van der Waals surface area contributed by atoms with Gasteiger partial charge in [-0.1, -0.05) is 53.2 Å². The number of rotatable bonds is 2. The molecule has 0 rings (SSSR count). The molecule has 13 heavy (non-hydrogen) atoms. The van der Waals surface area contributed by atoms with Crippen LogP contribution in [0, 0.1) is 5.41 Å². The predicted molar refractivity (Wildman–Crippen MR) is 77.8 cm³/mol. The van der Waals surface area contributed by atoms with Crippen molar-refractivity contribution in [2.45, 2.75) is 53.2 Å². The fourth-order valence-corrected chi connectivity index (χ4v) is 1.47. The van der Waals surface area contributed by atoms with Gasteiger partial charge in [-0.25, -0.2) is 0 Å². The van der Waals surface area contributed by atoms with Gasteiger partial charge in [-0.2, -0.15) is 0 Å². The second kappa shape index (κ2) is 8.28. The van der Waals surface area contributed by atoms with E-state index in [1.807, 2.05) is 0 Å². The molecule has 0 aromatic carbocycles. The Labute approximate surface area is 114 Å². The van der Waals surface area contributed by atoms with Crippen LogP contribution in [0.5, 0.6) is 0 Å². The molecule has 0 atom stereocenters. The van der Waals surface area contributed by atoms with Gasteiger partial charge in [-0.05, 0) is 5.41 Å². The third-order valence-electron chi connectivity index (χ3n) is 1.77. The van der Waals surface area contributed by atoms with Crippen LogP contribution < -0.4 is 0 Å². The van der Waals surface area contributed by atoms with Crippen molar-refractivity contribution in [2.75, 3.05) is 0 Å². The summed E-state index contributed by atoms with van der Waals surface area (Å²) in [7, 11) is 2.92. The average molecular weight is 444 g/mol. The molecule has 0 fully saturated rings. The van der Waals surface area contributed by atoms with Crippen LogP contribution in [-0.4, -0.2) is 7.28 Å². The first-order valence-corrected chi connectivity index (χ1v) is 13.4. The summed E-state index contributed by atoms with van der Waals surface area (Å²) in [5, 5.41) is 0.401. The van der Waals surface area contributed by atoms with Gasteiger partial charge in [0.1, 0.15) is 7.28 Å². The molecule has 0 aliphatic heterocycles. The van der Waals surface area contributed by atoms with Crippen molar-refractivity contribution in [1.29, 1.82) is 0 Å². The third-order valence-corrected chi connectivity index (χ3v) is 1.77. The first-order valence-electron chi connectivity index (χ1n) is 4.41. The van der Waals surface area contributed by atoms with Gasteiger partial charge in [0.25, 0.3) is 0 Å². The summed E-state index contributed by atoms with van der Waals surface area (Å²) in [6, 6.07) is 0. The molecule has 0 amide bonds. The molecule has 0 bridgehead atoms. The fourth-order valence-electron chi connectivity index (χ4n) is 1.47. The molecule has 0 unspecified atom stereocenters. The average Bonchev–Trinajstić information content (AvgIpc) is 1.84. The predicted octanol–water partition coefficient (Wildman–Crippen LogP) is 5.14. The van der Waals surface area contributed by atoms with Crippen molar-refractivity contribution < 1.29 is 9.47 Å². The summed E-state index contributed by atoms with van der Waals surface area (Å²) in [6.07, 6.45) is 1.26. The molecule has 0 saturated carbocycles. The van der Waals surface area contributed by atoms with E-state index in [9.17, 15) is 0 Å². The van der Waals surface area contributed by atoms with Gasteiger partial charge in [0.15, 0.2) is 0 Å². The standard InChI is InChI=1S/C9H20B.2HI.V/c1-8(2,3)7-9(4,5)10-6;;;/h7H2,1-6H3;2*1H;/q;;;+2/p-2. The second-order valence-corrected chi connectivity index (χ2v) is 16.9. The van der Waals surface area contributed by atoms with Crippen molar-refractivity contribution >= 4 is 47.2 Å². The van der Waals surface area contributed by atoms with Gasteiger partial charge in [-0.15, -0.1) is 0 Å². The SMILES string of the molecule is C[B]C(C)(C)CC(C)(C)C.[I][V][I]. The van der Waals surface area contributed by atoms with Crippen LogP contribution in [0.2, 0.25) is 12.1 Å². The number of halogens is 2. The molecule has 0 N–H and O–H groups in total. The van der Waals surface area contributed by atoms with Crippen molar-refractivity contribution in [3.05, 3.63) is 0 Å². The van der Waals surface area contributed by atoms with E-state index in [-0.39, 0.29) is 0 Å². The van der Waals surface area contributed by atoms with E-state index in [0.717, 1.165) is 0 Å². The topological polar surface area (TPSA) is 0 Å². The second-order valence-electron chi connectivity index (χ2n) is 5.08. The molecule has 0 spiro atoms. The minimum absolute atomic E-state index is 0.401. The first kappa shape index (κ1) is 17.5. The zero-order valence-electron chi connectivity index (χ0n) is 9.49. The Morgan fingerprint density at radius 1 is 1.08 bits per heavy atom. The van der Waals surface area contributed by atoms with Crippen LogP contribution in [-0.2, 0) is 9.47 Å². The van der Waals surface area contributed by atoms with Crippen LogP contribution in [0.4, 0.5) is 0 Å². The number of hydrogen-bond acceptors (Lipinski definition) is 0. The molecule has 0 heterocycles. The first-order chi connectivity index (χ1) is 5.68. The monoisotopic (exact) mass is 444 g/mol. The Hall–Kier alpha value is 2.11. The summed E-state index contributed by atoms with van der Waals surface area (Å²) >= 11 is 4.74. The Morgan fingerprint density at radius 2 is 1.38 bits per heavy atom. The Kier molecular flexibility index (Phi) is 11.2. The van der Waals surface area contributed by atoms with Crippen LogP contribution in [0.15, 0.2) is 0 Å². The third kappa shape index (κ3) is 16.8. The minimum atomic E-state index is 0.401. The number of hydrogen-bond donors (Lipinski definition) is 0. The van der Waals surface area contributed by atoms with Crippen molar-refractivity contribution in [3.8, 4) is 0 Å². The van der Waals surface area contributed by atoms with E-state index in [2.05, 4.69) is 88.7 Å². The van der Waals surface area contributed by atoms with Gasteiger partial charge < -0.3 is 0 Å². The fraction of sp³-hybridized carbons (Fsp3) is 1.00. The van der Waals surface area contributed by atoms with Gasteiger partial charge in [0, 0.05) is 0 Å². The van der Waals surface area contributed by atoms with E-state index in [1.54, 1.807) is 0 Å². The summed E-state index contributed by atoms with van der Waals surface area (Å²) < 4.78 is 0. The van der Waals surface area contributed by atoms with E-state index >= 15 is 0 Å². The molecule has 1 radical (unpaired) electrons. The van der Waals surface area contributed by atoms with Crippen LogP contribution >= 0.6 is 40.0 Å². The molecule has 0 aromatic heterocycles. The van der Waals surface area contributed by atoms with E-state index < -0.39 is 0 Å². The van der Waals surface area contributed by atoms with Crippen LogP contribution in [0.3, 0.4) is 0 Å². The Bertz CT molecular complexity index is 121. The zero-order chi connectivity index (χ0) is 11.1. The quantitative estimate of drug-likeness (QED) is 0.409. The van der Waals surface area contributed by atoms with E-state index in [4.69, 9.17) is 0 Å². The summed E-state index contributed by atoms with van der Waals surface area (Å²) in [6.45, 7) is 13.6. The molecule has 78 valence electrons. The molecule has 0 aliphatic rings. The summed E-state index contributed by atoms with van der Waals surface area (Å²) in [5.41, 5.74) is 0.454. The van der Waals surface area contributed by atoms with E-state index in [0.29, 0.717) is 20.2 Å². The normalized spacial score (nSPS) is 11.4. The summed E-state index contributed by atoms with van der Waals surface area (Å²) in [5.74, 6) is 0. The van der Waals surface area contributed by atoms with Crippen LogP contribution in [0.25, 0.3) is 0 Å². The zero-order valence-corrected chi connectivity index (χ0v) is 15.2.